The molecule has 3 aromatic rings. The first-order valence-corrected chi connectivity index (χ1v) is 9.06. The SMILES string of the molecule is Cc1cc(C)c(Nc2cc(-c3ccncc3)nc(NCCCO)n2)c(C)c1. The second-order valence-electron chi connectivity index (χ2n) is 6.60. The minimum atomic E-state index is 0.129. The van der Waals surface area contributed by atoms with Crippen molar-refractivity contribution in [1.82, 2.24) is 15.0 Å². The van der Waals surface area contributed by atoms with Gasteiger partial charge < -0.3 is 15.7 Å². The van der Waals surface area contributed by atoms with Gasteiger partial charge in [0.05, 0.1) is 5.69 Å². The minimum Gasteiger partial charge on any atom is -0.396 e. The Morgan fingerprint density at radius 1 is 0.963 bits per heavy atom. The van der Waals surface area contributed by atoms with Gasteiger partial charge in [0.2, 0.25) is 5.95 Å². The average Bonchev–Trinajstić information content (AvgIpc) is 2.65. The van der Waals surface area contributed by atoms with E-state index >= 15 is 0 Å². The van der Waals surface area contributed by atoms with Crippen LogP contribution in [0.15, 0.2) is 42.7 Å². The molecule has 2 aromatic heterocycles. The Morgan fingerprint density at radius 3 is 2.33 bits per heavy atom. The number of pyridine rings is 1. The first-order valence-electron chi connectivity index (χ1n) is 9.06. The molecule has 0 spiro atoms. The van der Waals surface area contributed by atoms with Gasteiger partial charge in [0, 0.05) is 42.9 Å². The Balaban J connectivity index is 1.97. The number of hydrogen-bond donors (Lipinski definition) is 3. The van der Waals surface area contributed by atoms with Crippen molar-refractivity contribution in [3.05, 3.63) is 59.4 Å². The molecule has 6 nitrogen and oxygen atoms in total. The van der Waals surface area contributed by atoms with Crippen LogP contribution in [0.4, 0.5) is 17.5 Å². The van der Waals surface area contributed by atoms with E-state index in [-0.39, 0.29) is 6.61 Å². The third kappa shape index (κ3) is 4.80. The van der Waals surface area contributed by atoms with E-state index in [9.17, 15) is 0 Å². The first kappa shape index (κ1) is 18.8. The van der Waals surface area contributed by atoms with Crippen molar-refractivity contribution < 1.29 is 5.11 Å². The molecule has 140 valence electrons. The van der Waals surface area contributed by atoms with E-state index in [0.29, 0.717) is 18.9 Å². The van der Waals surface area contributed by atoms with Crippen LogP contribution in [-0.4, -0.2) is 33.2 Å². The Hall–Kier alpha value is -2.99. The van der Waals surface area contributed by atoms with Gasteiger partial charge in [-0.3, -0.25) is 4.98 Å². The number of hydrogen-bond acceptors (Lipinski definition) is 6. The lowest BCUT2D eigenvalue weighted by molar-refractivity contribution is 0.292. The van der Waals surface area contributed by atoms with Crippen LogP contribution in [0.1, 0.15) is 23.1 Å². The summed E-state index contributed by atoms with van der Waals surface area (Å²) in [7, 11) is 0. The van der Waals surface area contributed by atoms with Crippen LogP contribution in [0.25, 0.3) is 11.3 Å². The van der Waals surface area contributed by atoms with Gasteiger partial charge in [-0.2, -0.15) is 4.98 Å². The number of aliphatic hydroxyl groups is 1. The predicted octanol–water partition coefficient (Wildman–Crippen LogP) is 4.00. The Labute approximate surface area is 159 Å². The van der Waals surface area contributed by atoms with Crippen molar-refractivity contribution in [2.75, 3.05) is 23.8 Å². The number of anilines is 3. The van der Waals surface area contributed by atoms with Gasteiger partial charge in [-0.25, -0.2) is 4.98 Å². The summed E-state index contributed by atoms with van der Waals surface area (Å²) in [6.07, 6.45) is 4.14. The van der Waals surface area contributed by atoms with Crippen molar-refractivity contribution in [3.8, 4) is 11.3 Å². The van der Waals surface area contributed by atoms with Gasteiger partial charge >= 0.3 is 0 Å². The monoisotopic (exact) mass is 363 g/mol. The van der Waals surface area contributed by atoms with Crippen LogP contribution < -0.4 is 10.6 Å². The van der Waals surface area contributed by atoms with Gasteiger partial charge in [-0.1, -0.05) is 17.7 Å². The van der Waals surface area contributed by atoms with Crippen molar-refractivity contribution in [2.24, 2.45) is 0 Å². The van der Waals surface area contributed by atoms with Crippen LogP contribution in [0.5, 0.6) is 0 Å². The topological polar surface area (TPSA) is 83.0 Å². The van der Waals surface area contributed by atoms with E-state index in [2.05, 4.69) is 58.5 Å². The molecule has 1 aromatic carbocycles. The van der Waals surface area contributed by atoms with E-state index < -0.39 is 0 Å². The molecule has 0 fully saturated rings. The highest BCUT2D eigenvalue weighted by Gasteiger charge is 2.10. The normalized spacial score (nSPS) is 10.7. The molecule has 0 aliphatic heterocycles. The van der Waals surface area contributed by atoms with Crippen molar-refractivity contribution in [2.45, 2.75) is 27.2 Å². The molecule has 3 N–H and O–H groups in total. The molecule has 0 saturated carbocycles. The van der Waals surface area contributed by atoms with Crippen molar-refractivity contribution >= 4 is 17.5 Å². The van der Waals surface area contributed by atoms with E-state index in [1.807, 2.05) is 18.2 Å². The van der Waals surface area contributed by atoms with Crippen LogP contribution in [0.2, 0.25) is 0 Å². The molecule has 0 aliphatic rings. The fourth-order valence-corrected chi connectivity index (χ4v) is 3.05. The smallest absolute Gasteiger partial charge is 0.225 e. The number of benzene rings is 1. The summed E-state index contributed by atoms with van der Waals surface area (Å²) < 4.78 is 0. The van der Waals surface area contributed by atoms with E-state index in [0.717, 1.165) is 22.8 Å². The van der Waals surface area contributed by atoms with Gasteiger partial charge in [0.1, 0.15) is 5.82 Å². The first-order chi connectivity index (χ1) is 13.1. The third-order valence-corrected chi connectivity index (χ3v) is 4.25. The Morgan fingerprint density at radius 2 is 1.67 bits per heavy atom. The largest absolute Gasteiger partial charge is 0.396 e. The molecule has 6 heteroatoms. The summed E-state index contributed by atoms with van der Waals surface area (Å²) in [5.74, 6) is 1.25. The zero-order valence-corrected chi connectivity index (χ0v) is 16.0. The standard InChI is InChI=1S/C21H25N5O/c1-14-11-15(2)20(16(3)12-14)25-19-13-18(17-5-8-22-9-6-17)24-21(26-19)23-7-4-10-27/h5-6,8-9,11-13,27H,4,7,10H2,1-3H3,(H2,23,24,25,26). The fraction of sp³-hybridized carbons (Fsp3) is 0.286. The lowest BCUT2D eigenvalue weighted by atomic mass is 10.1. The molecule has 0 atom stereocenters. The number of rotatable bonds is 7. The van der Waals surface area contributed by atoms with E-state index in [4.69, 9.17) is 5.11 Å². The number of aliphatic hydroxyl groups excluding tert-OH is 1. The summed E-state index contributed by atoms with van der Waals surface area (Å²) in [6, 6.07) is 10.1. The molecule has 0 amide bonds. The average molecular weight is 363 g/mol. The summed E-state index contributed by atoms with van der Waals surface area (Å²) in [6.45, 7) is 7.02. The summed E-state index contributed by atoms with van der Waals surface area (Å²) in [5.41, 5.74) is 6.42. The predicted molar refractivity (Wildman–Crippen MR) is 109 cm³/mol. The number of nitrogens with zero attached hydrogens (tertiary/aromatic N) is 3. The zero-order chi connectivity index (χ0) is 19.2. The zero-order valence-electron chi connectivity index (χ0n) is 16.0. The lowest BCUT2D eigenvalue weighted by Gasteiger charge is -2.15. The maximum atomic E-state index is 9.01. The Bertz CT molecular complexity index is 889. The maximum absolute atomic E-state index is 9.01. The molecule has 27 heavy (non-hydrogen) atoms. The summed E-state index contributed by atoms with van der Waals surface area (Å²) in [5, 5.41) is 15.6. The Kier molecular flexibility index (Phi) is 5.98. The third-order valence-electron chi connectivity index (χ3n) is 4.25. The fourth-order valence-electron chi connectivity index (χ4n) is 3.05. The molecule has 2 heterocycles. The molecule has 0 bridgehead atoms. The number of nitrogens with one attached hydrogen (secondary N) is 2. The van der Waals surface area contributed by atoms with Crippen LogP contribution in [0.3, 0.4) is 0 Å². The quantitative estimate of drug-likeness (QED) is 0.550. The van der Waals surface area contributed by atoms with Crippen molar-refractivity contribution in [1.29, 1.82) is 0 Å². The summed E-state index contributed by atoms with van der Waals surface area (Å²) >= 11 is 0. The molecule has 3 rings (SSSR count). The van der Waals surface area contributed by atoms with Gasteiger partial charge in [0.15, 0.2) is 0 Å². The van der Waals surface area contributed by atoms with Crippen molar-refractivity contribution in [3.63, 3.8) is 0 Å². The second kappa shape index (κ2) is 8.60. The van der Waals surface area contributed by atoms with Gasteiger partial charge in [-0.15, -0.1) is 0 Å². The highest BCUT2D eigenvalue weighted by molar-refractivity contribution is 5.70. The number of aromatic nitrogens is 3. The molecule has 0 aliphatic carbocycles. The highest BCUT2D eigenvalue weighted by atomic mass is 16.3. The molecule has 0 unspecified atom stereocenters. The molecule has 0 radical (unpaired) electrons. The lowest BCUT2D eigenvalue weighted by Crippen LogP contribution is -2.09. The highest BCUT2D eigenvalue weighted by Crippen LogP contribution is 2.27. The maximum Gasteiger partial charge on any atom is 0.225 e. The van der Waals surface area contributed by atoms with Crippen LogP contribution >= 0.6 is 0 Å². The van der Waals surface area contributed by atoms with Gasteiger partial charge in [-0.05, 0) is 50.5 Å². The van der Waals surface area contributed by atoms with E-state index in [1.165, 1.54) is 16.7 Å². The van der Waals surface area contributed by atoms with E-state index in [1.54, 1.807) is 12.4 Å². The molecule has 0 saturated heterocycles. The second-order valence-corrected chi connectivity index (χ2v) is 6.60. The summed E-state index contributed by atoms with van der Waals surface area (Å²) in [4.78, 5) is 13.3. The van der Waals surface area contributed by atoms with Crippen LogP contribution in [-0.2, 0) is 0 Å². The number of aryl methyl sites for hydroxylation is 3. The van der Waals surface area contributed by atoms with Gasteiger partial charge in [0.25, 0.3) is 0 Å². The molecular formula is C21H25N5O. The molecular weight excluding hydrogens is 338 g/mol. The van der Waals surface area contributed by atoms with Crippen LogP contribution in [0, 0.1) is 20.8 Å². The minimum absolute atomic E-state index is 0.129.